The quantitative estimate of drug-likeness (QED) is 0.492. The molecule has 0 aliphatic carbocycles. The smallest absolute Gasteiger partial charge is 0.325 e. The number of nitrogens with two attached hydrogens (primary N) is 1. The average molecular weight is 413 g/mol. The van der Waals surface area contributed by atoms with Crippen molar-refractivity contribution in [2.24, 2.45) is 17.6 Å². The molecule has 30 heavy (non-hydrogen) atoms. The summed E-state index contributed by atoms with van der Waals surface area (Å²) in [4.78, 5) is 24.5. The summed E-state index contributed by atoms with van der Waals surface area (Å²) in [5.74, 6) is -1.25. The van der Waals surface area contributed by atoms with E-state index in [4.69, 9.17) is 10.5 Å². The zero-order chi connectivity index (χ0) is 21.9. The molecule has 0 aliphatic heterocycles. The predicted octanol–water partition coefficient (Wildman–Crippen LogP) is 2.44. The number of rotatable bonds is 11. The van der Waals surface area contributed by atoms with Gasteiger partial charge in [-0.3, -0.25) is 9.59 Å². The monoisotopic (exact) mass is 412 g/mol. The Hall–Kier alpha value is -2.70. The Kier molecular flexibility index (Phi) is 9.51. The molecule has 6 heteroatoms. The molecule has 0 aromatic heterocycles. The molecule has 2 rings (SSSR count). The van der Waals surface area contributed by atoms with Crippen LogP contribution in [0.3, 0.4) is 0 Å². The summed E-state index contributed by atoms with van der Waals surface area (Å²) in [7, 11) is 0. The second-order valence-electron chi connectivity index (χ2n) is 7.87. The van der Waals surface area contributed by atoms with Gasteiger partial charge in [0.2, 0.25) is 5.91 Å². The van der Waals surface area contributed by atoms with Crippen LogP contribution in [0.5, 0.6) is 0 Å². The molecule has 0 heterocycles. The molecule has 162 valence electrons. The standard InChI is InChI=1S/C24H32N2O4/c1-17(2)20(14-22(27)21(25)13-18-9-5-3-6-10-18)24(29)26-15-23(28)30-16-19-11-7-4-8-12-19/h3-12,17,20-22,27H,13-16,25H2,1-2H3,(H,26,29)/t20-,21-,22-/m0/s1. The van der Waals surface area contributed by atoms with Crippen molar-refractivity contribution in [1.29, 1.82) is 0 Å². The van der Waals surface area contributed by atoms with Crippen molar-refractivity contribution < 1.29 is 19.4 Å². The summed E-state index contributed by atoms with van der Waals surface area (Å²) in [5, 5.41) is 13.2. The van der Waals surface area contributed by atoms with Gasteiger partial charge in [-0.15, -0.1) is 0 Å². The largest absolute Gasteiger partial charge is 0.460 e. The van der Waals surface area contributed by atoms with Gasteiger partial charge in [0.05, 0.1) is 6.10 Å². The Morgan fingerprint density at radius 2 is 1.57 bits per heavy atom. The van der Waals surface area contributed by atoms with Crippen LogP contribution in [0.4, 0.5) is 0 Å². The van der Waals surface area contributed by atoms with Crippen molar-refractivity contribution in [3.05, 3.63) is 71.8 Å². The summed E-state index contributed by atoms with van der Waals surface area (Å²) in [6.07, 6.45) is -0.0648. The molecular formula is C24H32N2O4. The molecule has 0 fully saturated rings. The minimum atomic E-state index is -0.826. The van der Waals surface area contributed by atoms with Crippen LogP contribution in [0.25, 0.3) is 0 Å². The van der Waals surface area contributed by atoms with Gasteiger partial charge in [-0.05, 0) is 29.9 Å². The third-order valence-corrected chi connectivity index (χ3v) is 5.09. The van der Waals surface area contributed by atoms with Crippen LogP contribution in [0, 0.1) is 11.8 Å². The molecule has 0 unspecified atom stereocenters. The molecule has 0 saturated heterocycles. The molecule has 3 atom stereocenters. The SMILES string of the molecule is CC(C)[C@H](C[C@H](O)[C@@H](N)Cc1ccccc1)C(=O)NCC(=O)OCc1ccccc1. The molecular weight excluding hydrogens is 380 g/mol. The molecule has 4 N–H and O–H groups in total. The first-order chi connectivity index (χ1) is 14.4. The first kappa shape index (κ1) is 23.6. The Bertz CT molecular complexity index is 780. The highest BCUT2D eigenvalue weighted by Crippen LogP contribution is 2.20. The number of aliphatic hydroxyl groups excluding tert-OH is 1. The van der Waals surface area contributed by atoms with Crippen LogP contribution in [0.15, 0.2) is 60.7 Å². The van der Waals surface area contributed by atoms with E-state index in [1.54, 1.807) is 0 Å². The molecule has 0 radical (unpaired) electrons. The Morgan fingerprint density at radius 1 is 1.00 bits per heavy atom. The van der Waals surface area contributed by atoms with Gasteiger partial charge in [0.15, 0.2) is 0 Å². The number of esters is 1. The summed E-state index contributed by atoms with van der Waals surface area (Å²) in [6, 6.07) is 18.6. The fourth-order valence-electron chi connectivity index (χ4n) is 3.22. The molecule has 6 nitrogen and oxygen atoms in total. The fraction of sp³-hybridized carbons (Fsp3) is 0.417. The first-order valence-electron chi connectivity index (χ1n) is 10.3. The van der Waals surface area contributed by atoms with Gasteiger partial charge in [-0.25, -0.2) is 0 Å². The van der Waals surface area contributed by atoms with E-state index in [-0.39, 0.29) is 31.4 Å². The van der Waals surface area contributed by atoms with E-state index in [1.807, 2.05) is 74.5 Å². The summed E-state index contributed by atoms with van der Waals surface area (Å²) < 4.78 is 5.18. The van der Waals surface area contributed by atoms with Crippen molar-refractivity contribution in [1.82, 2.24) is 5.32 Å². The Labute approximate surface area is 178 Å². The van der Waals surface area contributed by atoms with Crippen molar-refractivity contribution in [3.8, 4) is 0 Å². The Morgan fingerprint density at radius 3 is 2.13 bits per heavy atom. The third kappa shape index (κ3) is 7.97. The molecule has 0 bridgehead atoms. The van der Waals surface area contributed by atoms with Crippen LogP contribution < -0.4 is 11.1 Å². The lowest BCUT2D eigenvalue weighted by Crippen LogP contribution is -2.43. The van der Waals surface area contributed by atoms with Crippen molar-refractivity contribution in [2.45, 2.75) is 45.4 Å². The maximum absolute atomic E-state index is 12.6. The van der Waals surface area contributed by atoms with Gasteiger partial charge in [-0.1, -0.05) is 74.5 Å². The number of hydrogen-bond donors (Lipinski definition) is 3. The van der Waals surface area contributed by atoms with Crippen molar-refractivity contribution in [2.75, 3.05) is 6.54 Å². The lowest BCUT2D eigenvalue weighted by atomic mass is 9.86. The number of amides is 1. The number of carbonyl (C=O) groups excluding carboxylic acids is 2. The van der Waals surface area contributed by atoms with Gasteiger partial charge in [-0.2, -0.15) is 0 Å². The number of benzene rings is 2. The molecule has 2 aromatic rings. The number of hydrogen-bond acceptors (Lipinski definition) is 5. The molecule has 1 amide bonds. The summed E-state index contributed by atoms with van der Waals surface area (Å²) >= 11 is 0. The molecule has 0 spiro atoms. The van der Waals surface area contributed by atoms with E-state index in [9.17, 15) is 14.7 Å². The van der Waals surface area contributed by atoms with Crippen LogP contribution >= 0.6 is 0 Å². The Balaban J connectivity index is 1.80. The highest BCUT2D eigenvalue weighted by atomic mass is 16.5. The second-order valence-corrected chi connectivity index (χ2v) is 7.87. The van der Waals surface area contributed by atoms with Gasteiger partial charge in [0.25, 0.3) is 0 Å². The number of nitrogens with one attached hydrogen (secondary N) is 1. The van der Waals surface area contributed by atoms with Gasteiger partial charge >= 0.3 is 5.97 Å². The first-order valence-corrected chi connectivity index (χ1v) is 10.3. The minimum absolute atomic E-state index is 0.0103. The van der Waals surface area contributed by atoms with Crippen molar-refractivity contribution in [3.63, 3.8) is 0 Å². The summed E-state index contributed by atoms with van der Waals surface area (Å²) in [5.41, 5.74) is 8.08. The van der Waals surface area contributed by atoms with E-state index in [0.717, 1.165) is 11.1 Å². The van der Waals surface area contributed by atoms with Gasteiger partial charge < -0.3 is 20.9 Å². The zero-order valence-electron chi connectivity index (χ0n) is 17.7. The van der Waals surface area contributed by atoms with Crippen LogP contribution in [0.1, 0.15) is 31.4 Å². The number of ether oxygens (including phenoxy) is 1. The second kappa shape index (κ2) is 12.1. The molecule has 2 aromatic carbocycles. The normalized spacial score (nSPS) is 14.0. The highest BCUT2D eigenvalue weighted by Gasteiger charge is 2.28. The van der Waals surface area contributed by atoms with E-state index < -0.39 is 24.0 Å². The number of aliphatic hydroxyl groups is 1. The molecule has 0 aliphatic rings. The van der Waals surface area contributed by atoms with E-state index in [2.05, 4.69) is 5.32 Å². The van der Waals surface area contributed by atoms with Gasteiger partial charge in [0, 0.05) is 12.0 Å². The average Bonchev–Trinajstić information content (AvgIpc) is 2.75. The molecule has 0 saturated carbocycles. The summed E-state index contributed by atoms with van der Waals surface area (Å²) in [6.45, 7) is 3.78. The highest BCUT2D eigenvalue weighted by molar-refractivity contribution is 5.83. The zero-order valence-corrected chi connectivity index (χ0v) is 17.7. The lowest BCUT2D eigenvalue weighted by Gasteiger charge is -2.26. The maximum Gasteiger partial charge on any atom is 0.325 e. The van der Waals surface area contributed by atoms with E-state index >= 15 is 0 Å². The van der Waals surface area contributed by atoms with Gasteiger partial charge in [0.1, 0.15) is 13.2 Å². The van der Waals surface area contributed by atoms with Crippen LogP contribution in [-0.4, -0.2) is 35.7 Å². The fourth-order valence-corrected chi connectivity index (χ4v) is 3.22. The van der Waals surface area contributed by atoms with Crippen LogP contribution in [-0.2, 0) is 27.4 Å². The van der Waals surface area contributed by atoms with Crippen LogP contribution in [0.2, 0.25) is 0 Å². The third-order valence-electron chi connectivity index (χ3n) is 5.09. The van der Waals surface area contributed by atoms with E-state index in [1.165, 1.54) is 0 Å². The maximum atomic E-state index is 12.6. The minimum Gasteiger partial charge on any atom is -0.460 e. The van der Waals surface area contributed by atoms with E-state index in [0.29, 0.717) is 6.42 Å². The van der Waals surface area contributed by atoms with Crippen molar-refractivity contribution >= 4 is 11.9 Å². The topological polar surface area (TPSA) is 102 Å². The predicted molar refractivity (Wildman–Crippen MR) is 116 cm³/mol. The lowest BCUT2D eigenvalue weighted by molar-refractivity contribution is -0.145. The number of carbonyl (C=O) groups is 2.